The SMILES string of the molecule is Cn1ccc2cc(N(Cc3ccc(C(=O)CN)cc3F)C(=O)N3CCCCC3)ccc21. The van der Waals surface area contributed by atoms with E-state index in [2.05, 4.69) is 0 Å². The van der Waals surface area contributed by atoms with Crippen molar-refractivity contribution in [1.29, 1.82) is 0 Å². The van der Waals surface area contributed by atoms with Gasteiger partial charge in [0, 0.05) is 54.1 Å². The van der Waals surface area contributed by atoms with Crippen LogP contribution in [0.15, 0.2) is 48.7 Å². The molecule has 1 aliphatic heterocycles. The molecule has 2 aromatic carbocycles. The molecule has 2 heterocycles. The van der Waals surface area contributed by atoms with Crippen molar-refractivity contribution in [3.05, 3.63) is 65.6 Å². The van der Waals surface area contributed by atoms with Crippen LogP contribution in [0.2, 0.25) is 0 Å². The first-order chi connectivity index (χ1) is 15.0. The molecule has 0 saturated carbocycles. The molecule has 7 heteroatoms. The van der Waals surface area contributed by atoms with E-state index in [1.165, 1.54) is 6.07 Å². The van der Waals surface area contributed by atoms with E-state index in [9.17, 15) is 14.0 Å². The van der Waals surface area contributed by atoms with Gasteiger partial charge in [-0.25, -0.2) is 9.18 Å². The number of hydrogen-bond donors (Lipinski definition) is 1. The highest BCUT2D eigenvalue weighted by molar-refractivity contribution is 5.98. The van der Waals surface area contributed by atoms with Crippen LogP contribution in [-0.4, -0.2) is 40.9 Å². The van der Waals surface area contributed by atoms with E-state index in [4.69, 9.17) is 5.73 Å². The third-order valence-corrected chi connectivity index (χ3v) is 5.93. The number of likely N-dealkylation sites (tertiary alicyclic amines) is 1. The Morgan fingerprint density at radius 2 is 1.84 bits per heavy atom. The molecule has 0 aliphatic carbocycles. The fraction of sp³-hybridized carbons (Fsp3) is 0.333. The second-order valence-electron chi connectivity index (χ2n) is 8.02. The highest BCUT2D eigenvalue weighted by Crippen LogP contribution is 2.27. The van der Waals surface area contributed by atoms with E-state index >= 15 is 0 Å². The molecule has 31 heavy (non-hydrogen) atoms. The van der Waals surface area contributed by atoms with E-state index in [1.54, 1.807) is 17.0 Å². The predicted molar refractivity (Wildman–Crippen MR) is 120 cm³/mol. The lowest BCUT2D eigenvalue weighted by atomic mass is 10.1. The van der Waals surface area contributed by atoms with Crippen molar-refractivity contribution in [2.24, 2.45) is 12.8 Å². The van der Waals surface area contributed by atoms with Crippen LogP contribution in [0.4, 0.5) is 14.9 Å². The molecular weight excluding hydrogens is 395 g/mol. The lowest BCUT2D eigenvalue weighted by Crippen LogP contribution is -2.45. The smallest absolute Gasteiger partial charge is 0.324 e. The molecular formula is C24H27FN4O2. The molecule has 1 aromatic heterocycles. The van der Waals surface area contributed by atoms with Gasteiger partial charge >= 0.3 is 6.03 Å². The number of ketones is 1. The van der Waals surface area contributed by atoms with Crippen LogP contribution >= 0.6 is 0 Å². The molecule has 2 N–H and O–H groups in total. The zero-order valence-corrected chi connectivity index (χ0v) is 17.7. The maximum atomic E-state index is 14.8. The monoisotopic (exact) mass is 422 g/mol. The number of nitrogens with two attached hydrogens (primary N) is 1. The van der Waals surface area contributed by atoms with E-state index < -0.39 is 5.82 Å². The standard InChI is InChI=1S/C24H27FN4O2/c1-27-12-9-17-13-20(7-8-22(17)27)29(24(31)28-10-3-2-4-11-28)16-19-6-5-18(14-21(19)25)23(30)15-26/h5-9,12-14H,2-4,10-11,15-16,26H2,1H3. The number of aryl methyl sites for hydroxylation is 1. The number of halogens is 1. The summed E-state index contributed by atoms with van der Waals surface area (Å²) in [5.41, 5.74) is 7.76. The van der Waals surface area contributed by atoms with Crippen LogP contribution in [0, 0.1) is 5.82 Å². The van der Waals surface area contributed by atoms with Gasteiger partial charge < -0.3 is 15.2 Å². The molecule has 1 saturated heterocycles. The van der Waals surface area contributed by atoms with Crippen LogP contribution in [0.25, 0.3) is 10.9 Å². The molecule has 4 rings (SSSR count). The van der Waals surface area contributed by atoms with Crippen LogP contribution in [0.1, 0.15) is 35.2 Å². The van der Waals surface area contributed by atoms with E-state index in [-0.39, 0.29) is 30.5 Å². The van der Waals surface area contributed by atoms with Crippen LogP contribution < -0.4 is 10.6 Å². The maximum absolute atomic E-state index is 14.8. The van der Waals surface area contributed by atoms with Crippen molar-refractivity contribution < 1.29 is 14.0 Å². The number of benzene rings is 2. The quantitative estimate of drug-likeness (QED) is 0.630. The zero-order chi connectivity index (χ0) is 22.0. The third-order valence-electron chi connectivity index (χ3n) is 5.93. The summed E-state index contributed by atoms with van der Waals surface area (Å²) in [5, 5.41) is 1.01. The summed E-state index contributed by atoms with van der Waals surface area (Å²) in [4.78, 5) is 28.7. The molecule has 1 fully saturated rings. The number of Topliss-reactive ketones (excluding diaryl/α,β-unsaturated/α-hetero) is 1. The molecule has 162 valence electrons. The maximum Gasteiger partial charge on any atom is 0.324 e. The van der Waals surface area contributed by atoms with Crippen LogP contribution in [-0.2, 0) is 13.6 Å². The first-order valence-corrected chi connectivity index (χ1v) is 10.6. The van der Waals surface area contributed by atoms with Crippen molar-refractivity contribution in [3.63, 3.8) is 0 Å². The summed E-state index contributed by atoms with van der Waals surface area (Å²) >= 11 is 0. The number of fused-ring (bicyclic) bond motifs is 1. The lowest BCUT2D eigenvalue weighted by molar-refractivity contribution is 0.100. The topological polar surface area (TPSA) is 71.6 Å². The van der Waals surface area contributed by atoms with Gasteiger partial charge in [-0.1, -0.05) is 12.1 Å². The normalized spacial score (nSPS) is 14.1. The number of nitrogens with zero attached hydrogens (tertiary/aromatic N) is 3. The van der Waals surface area contributed by atoms with Crippen LogP contribution in [0.3, 0.4) is 0 Å². The molecule has 6 nitrogen and oxygen atoms in total. The lowest BCUT2D eigenvalue weighted by Gasteiger charge is -2.33. The number of hydrogen-bond acceptors (Lipinski definition) is 3. The number of amides is 2. The average molecular weight is 423 g/mol. The fourth-order valence-electron chi connectivity index (χ4n) is 4.10. The first kappa shape index (κ1) is 21.1. The van der Waals surface area contributed by atoms with Gasteiger partial charge in [0.2, 0.25) is 0 Å². The summed E-state index contributed by atoms with van der Waals surface area (Å²) in [7, 11) is 1.97. The minimum Gasteiger partial charge on any atom is -0.351 e. The van der Waals surface area contributed by atoms with E-state index in [0.717, 1.165) is 35.9 Å². The van der Waals surface area contributed by atoms with Crippen molar-refractivity contribution in [2.45, 2.75) is 25.8 Å². The Hall–Kier alpha value is -3.19. The number of aromatic nitrogens is 1. The van der Waals surface area contributed by atoms with Gasteiger partial charge in [-0.05, 0) is 49.6 Å². The van der Waals surface area contributed by atoms with Gasteiger partial charge in [-0.15, -0.1) is 0 Å². The first-order valence-electron chi connectivity index (χ1n) is 10.6. The largest absolute Gasteiger partial charge is 0.351 e. The Kier molecular flexibility index (Phi) is 6.04. The van der Waals surface area contributed by atoms with Gasteiger partial charge in [-0.2, -0.15) is 0 Å². The van der Waals surface area contributed by atoms with E-state index in [1.807, 2.05) is 47.0 Å². The molecule has 3 aromatic rings. The Labute approximate surface area is 181 Å². The second-order valence-corrected chi connectivity index (χ2v) is 8.02. The predicted octanol–water partition coefficient (Wildman–Crippen LogP) is 4.07. The van der Waals surface area contributed by atoms with Crippen molar-refractivity contribution in [2.75, 3.05) is 24.5 Å². The Bertz CT molecular complexity index is 1120. The van der Waals surface area contributed by atoms with Crippen LogP contribution in [0.5, 0.6) is 0 Å². The number of urea groups is 1. The Morgan fingerprint density at radius 1 is 1.06 bits per heavy atom. The molecule has 0 unspecified atom stereocenters. The number of piperidine rings is 1. The van der Waals surface area contributed by atoms with E-state index in [0.29, 0.717) is 18.7 Å². The van der Waals surface area contributed by atoms with Gasteiger partial charge in [0.25, 0.3) is 0 Å². The number of carbonyl (C=O) groups excluding carboxylic acids is 2. The number of anilines is 1. The Balaban J connectivity index is 1.69. The Morgan fingerprint density at radius 3 is 2.55 bits per heavy atom. The van der Waals surface area contributed by atoms with Crippen molar-refractivity contribution in [3.8, 4) is 0 Å². The molecule has 0 bridgehead atoms. The highest BCUT2D eigenvalue weighted by atomic mass is 19.1. The average Bonchev–Trinajstić information content (AvgIpc) is 3.17. The summed E-state index contributed by atoms with van der Waals surface area (Å²) < 4.78 is 16.9. The second kappa shape index (κ2) is 8.89. The van der Waals surface area contributed by atoms with Gasteiger partial charge in [-0.3, -0.25) is 9.69 Å². The molecule has 0 atom stereocenters. The summed E-state index contributed by atoms with van der Waals surface area (Å²) in [5.74, 6) is -0.835. The molecule has 2 amide bonds. The summed E-state index contributed by atoms with van der Waals surface area (Å²) in [6.45, 7) is 1.32. The number of carbonyl (C=O) groups is 2. The minimum atomic E-state index is -0.517. The van der Waals surface area contributed by atoms with Crippen molar-refractivity contribution >= 4 is 28.4 Å². The molecule has 0 spiro atoms. The van der Waals surface area contributed by atoms with Gasteiger partial charge in [0.1, 0.15) is 5.82 Å². The molecule has 0 radical (unpaired) electrons. The zero-order valence-electron chi connectivity index (χ0n) is 17.7. The number of rotatable bonds is 5. The summed E-state index contributed by atoms with van der Waals surface area (Å²) in [6.07, 6.45) is 5.03. The van der Waals surface area contributed by atoms with Gasteiger partial charge in [0.15, 0.2) is 5.78 Å². The third kappa shape index (κ3) is 4.32. The molecule has 1 aliphatic rings. The fourth-order valence-corrected chi connectivity index (χ4v) is 4.10. The van der Waals surface area contributed by atoms with Gasteiger partial charge in [0.05, 0.1) is 13.1 Å². The minimum absolute atomic E-state index is 0.0800. The van der Waals surface area contributed by atoms with Crippen molar-refractivity contribution in [1.82, 2.24) is 9.47 Å². The highest BCUT2D eigenvalue weighted by Gasteiger charge is 2.25. The summed E-state index contributed by atoms with van der Waals surface area (Å²) in [6, 6.07) is 12.0.